The summed E-state index contributed by atoms with van der Waals surface area (Å²) in [4.78, 5) is 3.45. The number of aromatic amines is 1. The van der Waals surface area contributed by atoms with Gasteiger partial charge in [0, 0.05) is 23.0 Å². The number of tetrazole rings is 1. The van der Waals surface area contributed by atoms with Gasteiger partial charge in [-0.1, -0.05) is 12.1 Å². The first-order valence-electron chi connectivity index (χ1n) is 6.12. The number of hydrogen-bond acceptors (Lipinski definition) is 5. The van der Waals surface area contributed by atoms with E-state index in [0.717, 1.165) is 12.3 Å². The third-order valence-electron chi connectivity index (χ3n) is 3.01. The molecule has 0 spiro atoms. The lowest BCUT2D eigenvalue weighted by Gasteiger charge is -2.10. The van der Waals surface area contributed by atoms with E-state index < -0.39 is 11.9 Å². The molecule has 0 atom stereocenters. The highest BCUT2D eigenvalue weighted by Gasteiger charge is 2.32. The number of nitrogen functional groups attached to an aromatic ring is 1. The molecule has 22 heavy (non-hydrogen) atoms. The standard InChI is InChI=1S/C13H9F3N6/c14-13(15,16)11-4-1-7(6-18-11)9-3-2-8(17)5-10(9)12-19-21-22-20-12/h1-6H,17H2,(H,19,20,21,22). The van der Waals surface area contributed by atoms with Gasteiger partial charge in [0.25, 0.3) is 0 Å². The van der Waals surface area contributed by atoms with Crippen molar-refractivity contribution in [3.05, 3.63) is 42.2 Å². The zero-order chi connectivity index (χ0) is 15.7. The van der Waals surface area contributed by atoms with Gasteiger partial charge >= 0.3 is 6.18 Å². The van der Waals surface area contributed by atoms with E-state index in [2.05, 4.69) is 25.6 Å². The van der Waals surface area contributed by atoms with Gasteiger partial charge < -0.3 is 5.73 Å². The van der Waals surface area contributed by atoms with Gasteiger partial charge in [0.2, 0.25) is 0 Å². The summed E-state index contributed by atoms with van der Waals surface area (Å²) >= 11 is 0. The fourth-order valence-electron chi connectivity index (χ4n) is 2.00. The predicted octanol–water partition coefficient (Wildman–Crippen LogP) is 2.53. The molecule has 0 aliphatic rings. The number of alkyl halides is 3. The fourth-order valence-corrected chi connectivity index (χ4v) is 2.00. The van der Waals surface area contributed by atoms with Gasteiger partial charge in [-0.05, 0) is 34.2 Å². The molecule has 0 fully saturated rings. The molecule has 0 saturated carbocycles. The van der Waals surface area contributed by atoms with Crippen molar-refractivity contribution in [2.24, 2.45) is 0 Å². The molecule has 0 bridgehead atoms. The van der Waals surface area contributed by atoms with Crippen molar-refractivity contribution in [3.63, 3.8) is 0 Å². The number of nitrogens with zero attached hydrogens (tertiary/aromatic N) is 4. The number of nitrogens with one attached hydrogen (secondary N) is 1. The molecule has 0 aliphatic heterocycles. The number of benzene rings is 1. The van der Waals surface area contributed by atoms with Crippen LogP contribution in [-0.4, -0.2) is 25.6 Å². The van der Waals surface area contributed by atoms with E-state index in [-0.39, 0.29) is 0 Å². The quantitative estimate of drug-likeness (QED) is 0.710. The smallest absolute Gasteiger partial charge is 0.399 e. The number of rotatable bonds is 2. The van der Waals surface area contributed by atoms with Gasteiger partial charge in [-0.25, -0.2) is 5.10 Å². The zero-order valence-corrected chi connectivity index (χ0v) is 11.0. The predicted molar refractivity (Wildman–Crippen MR) is 72.3 cm³/mol. The summed E-state index contributed by atoms with van der Waals surface area (Å²) in [6.07, 6.45) is -3.32. The lowest BCUT2D eigenvalue weighted by molar-refractivity contribution is -0.141. The molecule has 0 saturated heterocycles. The van der Waals surface area contributed by atoms with Crippen LogP contribution >= 0.6 is 0 Å². The van der Waals surface area contributed by atoms with Crippen molar-refractivity contribution in [1.82, 2.24) is 25.6 Å². The number of halogens is 3. The minimum Gasteiger partial charge on any atom is -0.399 e. The molecule has 0 radical (unpaired) electrons. The SMILES string of the molecule is Nc1ccc(-c2ccc(C(F)(F)F)nc2)c(-c2nnn[nH]2)c1. The Morgan fingerprint density at radius 3 is 2.45 bits per heavy atom. The van der Waals surface area contributed by atoms with Crippen LogP contribution in [0.4, 0.5) is 18.9 Å². The molecule has 0 unspecified atom stereocenters. The fraction of sp³-hybridized carbons (Fsp3) is 0.0769. The van der Waals surface area contributed by atoms with E-state index >= 15 is 0 Å². The summed E-state index contributed by atoms with van der Waals surface area (Å²) in [5, 5.41) is 13.4. The first-order chi connectivity index (χ1) is 10.4. The van der Waals surface area contributed by atoms with Crippen LogP contribution in [0, 0.1) is 0 Å². The van der Waals surface area contributed by atoms with E-state index in [1.807, 2.05) is 0 Å². The maximum atomic E-state index is 12.6. The highest BCUT2D eigenvalue weighted by atomic mass is 19.4. The first kappa shape index (κ1) is 14.0. The minimum atomic E-state index is -4.47. The Kier molecular flexibility index (Phi) is 3.24. The Morgan fingerprint density at radius 2 is 1.86 bits per heavy atom. The molecule has 2 aromatic heterocycles. The second-order valence-corrected chi connectivity index (χ2v) is 4.48. The third kappa shape index (κ3) is 2.60. The average Bonchev–Trinajstić information content (AvgIpc) is 3.00. The molecule has 0 aliphatic carbocycles. The Bertz CT molecular complexity index is 781. The normalized spacial score (nSPS) is 11.6. The number of pyridine rings is 1. The molecule has 3 N–H and O–H groups in total. The lowest BCUT2D eigenvalue weighted by Crippen LogP contribution is -2.07. The van der Waals surface area contributed by atoms with Crippen LogP contribution in [-0.2, 0) is 6.18 Å². The van der Waals surface area contributed by atoms with Crippen molar-refractivity contribution < 1.29 is 13.2 Å². The van der Waals surface area contributed by atoms with Crippen LogP contribution in [0.5, 0.6) is 0 Å². The van der Waals surface area contributed by atoms with Gasteiger partial charge in [0.05, 0.1) is 0 Å². The number of nitrogens with two attached hydrogens (primary N) is 1. The van der Waals surface area contributed by atoms with Crippen LogP contribution in [0.1, 0.15) is 5.69 Å². The maximum Gasteiger partial charge on any atom is 0.433 e. The van der Waals surface area contributed by atoms with E-state index in [9.17, 15) is 13.2 Å². The van der Waals surface area contributed by atoms with Gasteiger partial charge in [0.15, 0.2) is 5.82 Å². The zero-order valence-electron chi connectivity index (χ0n) is 11.0. The van der Waals surface area contributed by atoms with Gasteiger partial charge in [-0.15, -0.1) is 5.10 Å². The monoisotopic (exact) mass is 306 g/mol. The highest BCUT2D eigenvalue weighted by Crippen LogP contribution is 2.33. The molecule has 3 aromatic rings. The van der Waals surface area contributed by atoms with Crippen LogP contribution in [0.2, 0.25) is 0 Å². The van der Waals surface area contributed by atoms with Gasteiger partial charge in [-0.2, -0.15) is 13.2 Å². The summed E-state index contributed by atoms with van der Waals surface area (Å²) in [6.45, 7) is 0. The second kappa shape index (κ2) is 5.10. The van der Waals surface area contributed by atoms with Crippen LogP contribution in [0.15, 0.2) is 36.5 Å². The van der Waals surface area contributed by atoms with Crippen LogP contribution in [0.25, 0.3) is 22.5 Å². The Morgan fingerprint density at radius 1 is 1.05 bits per heavy atom. The molecule has 1 aromatic carbocycles. The third-order valence-corrected chi connectivity index (χ3v) is 3.01. The molecule has 112 valence electrons. The van der Waals surface area contributed by atoms with Crippen molar-refractivity contribution in [2.45, 2.75) is 6.18 Å². The summed E-state index contributed by atoms with van der Waals surface area (Å²) in [5.74, 6) is 0.363. The van der Waals surface area contributed by atoms with Crippen molar-refractivity contribution in [3.8, 4) is 22.5 Å². The molecule has 6 nitrogen and oxygen atoms in total. The van der Waals surface area contributed by atoms with E-state index in [1.165, 1.54) is 6.07 Å². The van der Waals surface area contributed by atoms with Crippen LogP contribution in [0.3, 0.4) is 0 Å². The number of anilines is 1. The molecule has 3 rings (SSSR count). The van der Waals surface area contributed by atoms with Crippen molar-refractivity contribution in [2.75, 3.05) is 5.73 Å². The summed E-state index contributed by atoms with van der Waals surface area (Å²) in [6, 6.07) is 7.22. The average molecular weight is 306 g/mol. The molecular weight excluding hydrogens is 297 g/mol. The van der Waals surface area contributed by atoms with E-state index in [0.29, 0.717) is 28.2 Å². The largest absolute Gasteiger partial charge is 0.433 e. The number of aromatic nitrogens is 5. The topological polar surface area (TPSA) is 93.4 Å². The summed E-state index contributed by atoms with van der Waals surface area (Å²) in [5.41, 5.74) is 6.97. The Hall–Kier alpha value is -2.97. The lowest BCUT2D eigenvalue weighted by atomic mass is 9.99. The van der Waals surface area contributed by atoms with Crippen molar-refractivity contribution >= 4 is 5.69 Å². The molecule has 9 heteroatoms. The first-order valence-corrected chi connectivity index (χ1v) is 6.12. The van der Waals surface area contributed by atoms with Crippen LogP contribution < -0.4 is 5.73 Å². The Balaban J connectivity index is 2.09. The minimum absolute atomic E-state index is 0.363. The Labute approximate surface area is 122 Å². The van der Waals surface area contributed by atoms with Gasteiger partial charge in [0.1, 0.15) is 5.69 Å². The van der Waals surface area contributed by atoms with Gasteiger partial charge in [-0.3, -0.25) is 4.98 Å². The number of hydrogen-bond donors (Lipinski definition) is 2. The second-order valence-electron chi connectivity index (χ2n) is 4.48. The van der Waals surface area contributed by atoms with E-state index in [1.54, 1.807) is 18.2 Å². The molecule has 2 heterocycles. The van der Waals surface area contributed by atoms with E-state index in [4.69, 9.17) is 5.73 Å². The van der Waals surface area contributed by atoms with Crippen molar-refractivity contribution in [1.29, 1.82) is 0 Å². The highest BCUT2D eigenvalue weighted by molar-refractivity contribution is 5.82. The summed E-state index contributed by atoms with van der Waals surface area (Å²) in [7, 11) is 0. The molecule has 0 amide bonds. The number of H-pyrrole nitrogens is 1. The summed E-state index contributed by atoms with van der Waals surface area (Å²) < 4.78 is 37.7. The molecular formula is C13H9F3N6. The maximum absolute atomic E-state index is 12.6.